The lowest BCUT2D eigenvalue weighted by molar-refractivity contribution is -0.133. The van der Waals surface area contributed by atoms with Crippen molar-refractivity contribution in [3.63, 3.8) is 0 Å². The summed E-state index contributed by atoms with van der Waals surface area (Å²) in [4.78, 5) is 43.2. The predicted molar refractivity (Wildman–Crippen MR) is 180 cm³/mol. The Morgan fingerprint density at radius 3 is 2.53 bits per heavy atom. The highest BCUT2D eigenvalue weighted by molar-refractivity contribution is 6.01. The van der Waals surface area contributed by atoms with E-state index >= 15 is 0 Å². The van der Waals surface area contributed by atoms with E-state index in [9.17, 15) is 4.79 Å². The van der Waals surface area contributed by atoms with Gasteiger partial charge in [-0.2, -0.15) is 5.10 Å². The van der Waals surface area contributed by atoms with Crippen molar-refractivity contribution in [2.24, 2.45) is 0 Å². The lowest BCUT2D eigenvalue weighted by atomic mass is 10.1. The average molecular weight is 623 g/mol. The normalized spacial score (nSPS) is 21.0. The number of nitrogens with one attached hydrogen (secondary N) is 1. The number of likely N-dealkylation sites (tertiary alicyclic amines) is 2. The highest BCUT2D eigenvalue weighted by atomic mass is 16.2. The standard InChI is InChI=1S/C36H34N10O/c1-22-15-38-35(39-16-22)24-2-4-27(5-3-24)45-19-29-13-28(45)20-46(29)33(47)21-44-11-8-25(18-44)36-40-17-26-12-32-30(14-31(26)41-36)34(43-42-32)23-6-9-37-10-7-23/h2-7,9-10,12,14-17,25,28-29H,8,11,13,18-21H2,1H3,(H,42,43)/t25-,28+,29+/m1/s1. The summed E-state index contributed by atoms with van der Waals surface area (Å²) in [7, 11) is 0. The molecule has 11 heteroatoms. The number of aromatic nitrogens is 7. The zero-order valence-corrected chi connectivity index (χ0v) is 26.1. The molecule has 0 aliphatic carbocycles. The number of anilines is 1. The average Bonchev–Trinajstić information content (AvgIpc) is 3.92. The van der Waals surface area contributed by atoms with Crippen LogP contribution in [0.1, 0.15) is 30.1 Å². The fourth-order valence-corrected chi connectivity index (χ4v) is 7.59. The van der Waals surface area contributed by atoms with Crippen LogP contribution < -0.4 is 4.90 Å². The number of amides is 1. The van der Waals surface area contributed by atoms with Gasteiger partial charge in [-0.3, -0.25) is 19.8 Å². The van der Waals surface area contributed by atoms with Crippen molar-refractivity contribution in [3.8, 4) is 22.6 Å². The minimum atomic E-state index is 0.200. The maximum absolute atomic E-state index is 13.5. The second kappa shape index (κ2) is 11.2. The summed E-state index contributed by atoms with van der Waals surface area (Å²) < 4.78 is 0. The number of fused-ring (bicyclic) bond motifs is 4. The van der Waals surface area contributed by atoms with Crippen LogP contribution in [0.2, 0.25) is 0 Å². The Morgan fingerprint density at radius 1 is 0.915 bits per heavy atom. The van der Waals surface area contributed by atoms with Gasteiger partial charge < -0.3 is 9.80 Å². The first kappa shape index (κ1) is 28.0. The van der Waals surface area contributed by atoms with Gasteiger partial charge >= 0.3 is 0 Å². The Balaban J connectivity index is 0.837. The van der Waals surface area contributed by atoms with Crippen LogP contribution in [0.5, 0.6) is 0 Å². The number of nitrogens with zero attached hydrogens (tertiary/aromatic N) is 9. The van der Waals surface area contributed by atoms with Crippen molar-refractivity contribution in [3.05, 3.63) is 90.9 Å². The zero-order chi connectivity index (χ0) is 31.5. The molecule has 0 radical (unpaired) electrons. The molecule has 9 rings (SSSR count). The summed E-state index contributed by atoms with van der Waals surface area (Å²) in [5, 5.41) is 9.71. The van der Waals surface area contributed by atoms with Crippen LogP contribution in [-0.4, -0.2) is 95.6 Å². The third kappa shape index (κ3) is 5.07. The molecule has 3 fully saturated rings. The molecule has 11 nitrogen and oxygen atoms in total. The number of pyridine rings is 1. The van der Waals surface area contributed by atoms with Gasteiger partial charge in [0.1, 0.15) is 11.5 Å². The molecule has 4 aromatic heterocycles. The van der Waals surface area contributed by atoms with Crippen LogP contribution >= 0.6 is 0 Å². The molecule has 3 atom stereocenters. The van der Waals surface area contributed by atoms with Gasteiger partial charge in [0, 0.05) is 90.2 Å². The number of aromatic amines is 1. The molecule has 3 aliphatic heterocycles. The van der Waals surface area contributed by atoms with Crippen LogP contribution in [-0.2, 0) is 4.79 Å². The van der Waals surface area contributed by atoms with Crippen LogP contribution in [0, 0.1) is 6.92 Å². The molecule has 1 N–H and O–H groups in total. The number of benzene rings is 2. The van der Waals surface area contributed by atoms with Crippen molar-refractivity contribution >= 4 is 33.4 Å². The predicted octanol–water partition coefficient (Wildman–Crippen LogP) is 4.61. The maximum atomic E-state index is 13.5. The van der Waals surface area contributed by atoms with Crippen molar-refractivity contribution in [1.82, 2.24) is 44.9 Å². The number of rotatable bonds is 6. The molecular formula is C36H34N10O. The Hall–Kier alpha value is -5.29. The number of carbonyl (C=O) groups excluding carboxylic acids is 1. The summed E-state index contributed by atoms with van der Waals surface area (Å²) in [6.07, 6.45) is 11.1. The van der Waals surface area contributed by atoms with Crippen molar-refractivity contribution in [1.29, 1.82) is 0 Å². The third-order valence-corrected chi connectivity index (χ3v) is 10.0. The molecule has 1 amide bonds. The quantitative estimate of drug-likeness (QED) is 0.284. The topological polar surface area (TPSA) is 120 Å². The lowest BCUT2D eigenvalue weighted by Gasteiger charge is -2.36. The van der Waals surface area contributed by atoms with Gasteiger partial charge in [-0.05, 0) is 80.4 Å². The largest absolute Gasteiger partial charge is 0.365 e. The molecule has 234 valence electrons. The molecule has 0 saturated carbocycles. The van der Waals surface area contributed by atoms with Crippen LogP contribution in [0.3, 0.4) is 0 Å². The van der Waals surface area contributed by atoms with Gasteiger partial charge in [0.05, 0.1) is 23.6 Å². The van der Waals surface area contributed by atoms with E-state index in [1.54, 1.807) is 12.4 Å². The molecule has 3 aliphatic rings. The van der Waals surface area contributed by atoms with E-state index in [-0.39, 0.29) is 17.9 Å². The Labute approximate surface area is 271 Å². The number of hydrogen-bond acceptors (Lipinski definition) is 9. The van der Waals surface area contributed by atoms with Crippen molar-refractivity contribution in [2.75, 3.05) is 37.6 Å². The van der Waals surface area contributed by atoms with Gasteiger partial charge in [-0.25, -0.2) is 19.9 Å². The molecule has 2 bridgehead atoms. The third-order valence-electron chi connectivity index (χ3n) is 10.0. The number of carbonyl (C=O) groups is 1. The maximum Gasteiger partial charge on any atom is 0.237 e. The monoisotopic (exact) mass is 622 g/mol. The van der Waals surface area contributed by atoms with E-state index in [1.807, 2.05) is 37.6 Å². The Morgan fingerprint density at radius 2 is 1.74 bits per heavy atom. The van der Waals surface area contributed by atoms with Crippen LogP contribution in [0.15, 0.2) is 79.5 Å². The second-order valence-corrected chi connectivity index (χ2v) is 13.1. The summed E-state index contributed by atoms with van der Waals surface area (Å²) in [6.45, 7) is 5.75. The fraction of sp³-hybridized carbons (Fsp3) is 0.306. The SMILES string of the molecule is Cc1cnc(-c2ccc(N3C[C@@H]4C[C@H]3CN4C(=O)CN3CC[C@@H](c4ncc5cc6[nH]nc(-c7ccncc7)c6cc5n4)C3)cc2)nc1. The highest BCUT2D eigenvalue weighted by Gasteiger charge is 2.45. The van der Waals surface area contributed by atoms with Gasteiger partial charge in [0.2, 0.25) is 5.91 Å². The van der Waals surface area contributed by atoms with Crippen LogP contribution in [0.25, 0.3) is 44.5 Å². The molecule has 3 saturated heterocycles. The summed E-state index contributed by atoms with van der Waals surface area (Å²) in [6, 6.07) is 17.2. The van der Waals surface area contributed by atoms with E-state index in [1.165, 1.54) is 5.69 Å². The Bertz CT molecular complexity index is 2100. The number of H-pyrrole nitrogens is 1. The molecule has 6 aromatic rings. The van der Waals surface area contributed by atoms with E-state index < -0.39 is 0 Å². The first-order chi connectivity index (χ1) is 23.1. The van der Waals surface area contributed by atoms with Crippen LogP contribution in [0.4, 0.5) is 5.69 Å². The van der Waals surface area contributed by atoms with Crippen molar-refractivity contribution < 1.29 is 4.79 Å². The molecule has 2 aromatic carbocycles. The van der Waals surface area contributed by atoms with E-state index in [4.69, 9.17) is 9.97 Å². The molecule has 0 spiro atoms. The molecule has 47 heavy (non-hydrogen) atoms. The van der Waals surface area contributed by atoms with E-state index in [0.29, 0.717) is 12.6 Å². The summed E-state index contributed by atoms with van der Waals surface area (Å²) in [5.41, 5.74) is 7.02. The zero-order valence-electron chi connectivity index (χ0n) is 26.1. The van der Waals surface area contributed by atoms with E-state index in [2.05, 4.69) is 76.2 Å². The summed E-state index contributed by atoms with van der Waals surface area (Å²) >= 11 is 0. The Kier molecular flexibility index (Phi) is 6.67. The van der Waals surface area contributed by atoms with Gasteiger partial charge in [-0.15, -0.1) is 0 Å². The first-order valence-electron chi connectivity index (χ1n) is 16.3. The number of aryl methyl sites for hydroxylation is 1. The highest BCUT2D eigenvalue weighted by Crippen LogP contribution is 2.36. The van der Waals surface area contributed by atoms with Gasteiger partial charge in [-0.1, -0.05) is 0 Å². The minimum Gasteiger partial charge on any atom is -0.365 e. The van der Waals surface area contributed by atoms with Gasteiger partial charge in [0.15, 0.2) is 5.82 Å². The summed E-state index contributed by atoms with van der Waals surface area (Å²) in [5.74, 6) is 2.02. The first-order valence-corrected chi connectivity index (χ1v) is 16.3. The molecule has 7 heterocycles. The molecule has 0 unspecified atom stereocenters. The number of piperazine rings is 1. The fourth-order valence-electron chi connectivity index (χ4n) is 7.59. The lowest BCUT2D eigenvalue weighted by Crippen LogP contribution is -2.51. The number of hydrogen-bond donors (Lipinski definition) is 1. The molecular weight excluding hydrogens is 588 g/mol. The van der Waals surface area contributed by atoms with E-state index in [0.717, 1.165) is 94.9 Å². The minimum absolute atomic E-state index is 0.200. The van der Waals surface area contributed by atoms with Gasteiger partial charge in [0.25, 0.3) is 0 Å². The second-order valence-electron chi connectivity index (χ2n) is 13.1. The van der Waals surface area contributed by atoms with Crippen molar-refractivity contribution in [2.45, 2.75) is 37.8 Å². The smallest absolute Gasteiger partial charge is 0.237 e.